The zero-order chi connectivity index (χ0) is 20.0. The van der Waals surface area contributed by atoms with Gasteiger partial charge in [-0.15, -0.1) is 11.3 Å². The van der Waals surface area contributed by atoms with E-state index in [9.17, 15) is 22.8 Å². The number of ether oxygens (including phenoxy) is 1. The second-order valence-corrected chi connectivity index (χ2v) is 7.01. The van der Waals surface area contributed by atoms with Crippen molar-refractivity contribution in [3.05, 3.63) is 44.9 Å². The molecule has 146 valence electrons. The first kappa shape index (κ1) is 21.3. The van der Waals surface area contributed by atoms with Gasteiger partial charge in [0.1, 0.15) is 6.54 Å². The molecule has 2 aromatic rings. The van der Waals surface area contributed by atoms with Crippen molar-refractivity contribution >= 4 is 51.7 Å². The minimum absolute atomic E-state index is 0.263. The summed E-state index contributed by atoms with van der Waals surface area (Å²) in [6, 6.07) is 5.23. The Balaban J connectivity index is 1.82. The summed E-state index contributed by atoms with van der Waals surface area (Å²) in [5, 5.41) is 5.45. The number of aromatic nitrogens is 1. The van der Waals surface area contributed by atoms with Gasteiger partial charge in [0.05, 0.1) is 10.0 Å². The van der Waals surface area contributed by atoms with Crippen molar-refractivity contribution in [1.82, 2.24) is 10.3 Å². The molecule has 0 saturated carbocycles. The molecule has 0 unspecified atom stereocenters. The Morgan fingerprint density at radius 2 is 2.00 bits per heavy atom. The van der Waals surface area contributed by atoms with E-state index in [1.54, 1.807) is 18.3 Å². The summed E-state index contributed by atoms with van der Waals surface area (Å²) in [6.07, 6.45) is -3.99. The molecule has 0 spiro atoms. The van der Waals surface area contributed by atoms with Crippen LogP contribution < -0.4 is 10.6 Å². The number of alkyl carbamates (subject to hydrolysis) is 1. The number of thiazole rings is 1. The standard InChI is InChI=1S/C15H12Cl2F3N3O3S/c16-10-3-1-2-8(12(10)17)4-9-5-21-13(27-9)23-11(24)6-22-14(25)26-7-15(18,19)20/h1-3,5H,4,6-7H2,(H,22,25)(H,21,23,24). The molecular formula is C15H12Cl2F3N3O3S. The number of nitrogens with zero attached hydrogens (tertiary/aromatic N) is 1. The average molecular weight is 442 g/mol. The third kappa shape index (κ3) is 7.24. The van der Waals surface area contributed by atoms with Crippen LogP contribution in [-0.4, -0.2) is 36.3 Å². The number of carbonyl (C=O) groups excluding carboxylic acids is 2. The first-order chi connectivity index (χ1) is 12.6. The topological polar surface area (TPSA) is 80.3 Å². The number of alkyl halides is 3. The van der Waals surface area contributed by atoms with Crippen LogP contribution in [0, 0.1) is 0 Å². The van der Waals surface area contributed by atoms with Crippen LogP contribution in [0.2, 0.25) is 10.0 Å². The Bertz CT molecular complexity index is 830. The lowest BCUT2D eigenvalue weighted by Gasteiger charge is -2.08. The number of hydrogen-bond acceptors (Lipinski definition) is 5. The Morgan fingerprint density at radius 1 is 1.26 bits per heavy atom. The van der Waals surface area contributed by atoms with Gasteiger partial charge in [-0.3, -0.25) is 4.79 Å². The van der Waals surface area contributed by atoms with E-state index >= 15 is 0 Å². The average Bonchev–Trinajstić information content (AvgIpc) is 3.01. The van der Waals surface area contributed by atoms with Crippen LogP contribution in [0.25, 0.3) is 0 Å². The molecule has 2 amide bonds. The fourth-order valence-corrected chi connectivity index (χ4v) is 3.07. The van der Waals surface area contributed by atoms with Crippen LogP contribution >= 0.6 is 34.5 Å². The van der Waals surface area contributed by atoms with Crippen LogP contribution in [-0.2, 0) is 16.0 Å². The van der Waals surface area contributed by atoms with Gasteiger partial charge in [-0.2, -0.15) is 13.2 Å². The lowest BCUT2D eigenvalue weighted by molar-refractivity contribution is -0.160. The van der Waals surface area contributed by atoms with E-state index in [1.165, 1.54) is 11.3 Å². The summed E-state index contributed by atoms with van der Waals surface area (Å²) in [7, 11) is 0. The number of carbonyl (C=O) groups is 2. The fraction of sp³-hybridized carbons (Fsp3) is 0.267. The molecule has 1 aromatic heterocycles. The van der Waals surface area contributed by atoms with E-state index in [0.717, 1.165) is 10.4 Å². The molecule has 1 aromatic carbocycles. The van der Waals surface area contributed by atoms with Gasteiger partial charge in [0.15, 0.2) is 11.7 Å². The highest BCUT2D eigenvalue weighted by molar-refractivity contribution is 7.15. The molecule has 0 saturated heterocycles. The maximum atomic E-state index is 11.9. The number of rotatable bonds is 6. The molecule has 2 rings (SSSR count). The second-order valence-electron chi connectivity index (χ2n) is 5.11. The minimum atomic E-state index is -4.64. The Labute approximate surface area is 165 Å². The first-order valence-electron chi connectivity index (χ1n) is 7.29. The van der Waals surface area contributed by atoms with E-state index in [4.69, 9.17) is 23.2 Å². The van der Waals surface area contributed by atoms with Crippen molar-refractivity contribution in [3.8, 4) is 0 Å². The summed E-state index contributed by atoms with van der Waals surface area (Å²) in [5.41, 5.74) is 0.791. The minimum Gasteiger partial charge on any atom is -0.440 e. The lowest BCUT2D eigenvalue weighted by atomic mass is 10.1. The second kappa shape index (κ2) is 9.25. The molecule has 0 fully saturated rings. The molecule has 2 N–H and O–H groups in total. The summed E-state index contributed by atoms with van der Waals surface area (Å²) in [5.74, 6) is -0.666. The van der Waals surface area contributed by atoms with E-state index in [0.29, 0.717) is 16.5 Å². The highest BCUT2D eigenvalue weighted by Gasteiger charge is 2.29. The number of halogens is 5. The van der Waals surface area contributed by atoms with Gasteiger partial charge < -0.3 is 15.4 Å². The highest BCUT2D eigenvalue weighted by Crippen LogP contribution is 2.29. The number of nitrogens with one attached hydrogen (secondary N) is 2. The molecule has 6 nitrogen and oxygen atoms in total. The largest absolute Gasteiger partial charge is 0.440 e. The van der Waals surface area contributed by atoms with Crippen LogP contribution in [0.15, 0.2) is 24.4 Å². The summed E-state index contributed by atoms with van der Waals surface area (Å²) in [4.78, 5) is 27.6. The van der Waals surface area contributed by atoms with Crippen LogP contribution in [0.3, 0.4) is 0 Å². The Morgan fingerprint density at radius 3 is 2.70 bits per heavy atom. The third-order valence-corrected chi connectivity index (χ3v) is 4.73. The van der Waals surface area contributed by atoms with Gasteiger partial charge in [-0.05, 0) is 11.6 Å². The fourth-order valence-electron chi connectivity index (χ4n) is 1.83. The maximum absolute atomic E-state index is 11.9. The molecule has 27 heavy (non-hydrogen) atoms. The first-order valence-corrected chi connectivity index (χ1v) is 8.86. The normalized spacial score (nSPS) is 11.1. The van der Waals surface area contributed by atoms with Crippen molar-refractivity contribution in [1.29, 1.82) is 0 Å². The SMILES string of the molecule is O=C(CNC(=O)OCC(F)(F)F)Nc1ncc(Cc2cccc(Cl)c2Cl)s1. The predicted molar refractivity (Wildman–Crippen MR) is 95.4 cm³/mol. The smallest absolute Gasteiger partial charge is 0.422 e. The molecule has 0 radical (unpaired) electrons. The van der Waals surface area contributed by atoms with E-state index in [-0.39, 0.29) is 5.13 Å². The number of amides is 2. The molecular weight excluding hydrogens is 430 g/mol. The zero-order valence-electron chi connectivity index (χ0n) is 13.4. The molecule has 12 heteroatoms. The van der Waals surface area contributed by atoms with Gasteiger partial charge in [0.25, 0.3) is 0 Å². The highest BCUT2D eigenvalue weighted by atomic mass is 35.5. The molecule has 0 aliphatic heterocycles. The molecule has 1 heterocycles. The van der Waals surface area contributed by atoms with Crippen molar-refractivity contribution < 1.29 is 27.5 Å². The third-order valence-electron chi connectivity index (χ3n) is 2.96. The molecule has 0 atom stereocenters. The van der Waals surface area contributed by atoms with E-state index in [1.807, 2.05) is 11.4 Å². The van der Waals surface area contributed by atoms with Crippen LogP contribution in [0.4, 0.5) is 23.1 Å². The Hall–Kier alpha value is -2.04. The van der Waals surface area contributed by atoms with Gasteiger partial charge in [0, 0.05) is 17.5 Å². The van der Waals surface area contributed by atoms with Crippen molar-refractivity contribution in [3.63, 3.8) is 0 Å². The quantitative estimate of drug-likeness (QED) is 0.701. The number of benzene rings is 1. The van der Waals surface area contributed by atoms with Gasteiger partial charge in [-0.25, -0.2) is 9.78 Å². The van der Waals surface area contributed by atoms with E-state index in [2.05, 4.69) is 15.0 Å². The maximum Gasteiger partial charge on any atom is 0.422 e. The van der Waals surface area contributed by atoms with Crippen molar-refractivity contribution in [2.75, 3.05) is 18.5 Å². The van der Waals surface area contributed by atoms with Gasteiger partial charge in [-0.1, -0.05) is 35.3 Å². The number of hydrogen-bond donors (Lipinski definition) is 2. The molecule has 0 bridgehead atoms. The molecule has 0 aliphatic carbocycles. The number of anilines is 1. The predicted octanol–water partition coefficient (Wildman–Crippen LogP) is 4.27. The lowest BCUT2D eigenvalue weighted by Crippen LogP contribution is -2.35. The summed E-state index contributed by atoms with van der Waals surface area (Å²) in [6.45, 7) is -2.30. The summed E-state index contributed by atoms with van der Waals surface area (Å²) >= 11 is 13.3. The van der Waals surface area contributed by atoms with E-state index < -0.39 is 31.3 Å². The van der Waals surface area contributed by atoms with Gasteiger partial charge >= 0.3 is 12.3 Å². The van der Waals surface area contributed by atoms with Crippen molar-refractivity contribution in [2.24, 2.45) is 0 Å². The molecule has 0 aliphatic rings. The summed E-state index contributed by atoms with van der Waals surface area (Å²) < 4.78 is 39.6. The monoisotopic (exact) mass is 441 g/mol. The van der Waals surface area contributed by atoms with Crippen LogP contribution in [0.5, 0.6) is 0 Å². The zero-order valence-corrected chi connectivity index (χ0v) is 15.7. The van der Waals surface area contributed by atoms with Crippen molar-refractivity contribution in [2.45, 2.75) is 12.6 Å². The van der Waals surface area contributed by atoms with Gasteiger partial charge in [0.2, 0.25) is 5.91 Å². The Kier molecular flexibility index (Phi) is 7.28. The van der Waals surface area contributed by atoms with Crippen LogP contribution in [0.1, 0.15) is 10.4 Å².